The molecule has 1 atom stereocenters. The van der Waals surface area contributed by atoms with Crippen molar-refractivity contribution in [3.8, 4) is 11.5 Å². The minimum Gasteiger partial charge on any atom is -0.507 e. The van der Waals surface area contributed by atoms with Crippen molar-refractivity contribution >= 4 is 51.2 Å². The Balaban J connectivity index is 1.63. The molecule has 0 saturated carbocycles. The minimum atomic E-state index is -0.913. The number of ketones is 1. The summed E-state index contributed by atoms with van der Waals surface area (Å²) in [5, 5.41) is 13.2. The second-order valence-electron chi connectivity index (χ2n) is 7.67. The molecule has 9 nitrogen and oxygen atoms in total. The number of fused-ring (bicyclic) bond motifs is 1. The molecule has 180 valence electrons. The number of rotatable bonds is 5. The summed E-state index contributed by atoms with van der Waals surface area (Å²) in [7, 11) is 0. The monoisotopic (exact) mass is 512 g/mol. The van der Waals surface area contributed by atoms with Crippen molar-refractivity contribution in [2.45, 2.75) is 19.9 Å². The van der Waals surface area contributed by atoms with Crippen LogP contribution < -0.4 is 14.4 Å². The lowest BCUT2D eigenvalue weighted by atomic mass is 9.99. The second kappa shape index (κ2) is 9.16. The molecule has 3 aromatic rings. The SMILES string of the molecule is CCOC(=O)c1sc(N2C(=O)C(=O)C(=C(O)c3ccc4c(c3)OCCO4)C2c2cccs2)nc1C. The van der Waals surface area contributed by atoms with E-state index in [4.69, 9.17) is 14.2 Å². The Hall–Kier alpha value is -3.70. The molecule has 1 N–H and O–H groups in total. The number of aliphatic hydroxyl groups excluding tert-OH is 1. The number of esters is 1. The van der Waals surface area contributed by atoms with Crippen molar-refractivity contribution in [3.05, 3.63) is 62.3 Å². The highest BCUT2D eigenvalue weighted by Crippen LogP contribution is 2.45. The number of thiazole rings is 1. The van der Waals surface area contributed by atoms with Crippen LogP contribution in [0.2, 0.25) is 0 Å². The number of aromatic nitrogens is 1. The van der Waals surface area contributed by atoms with Crippen LogP contribution in [0.15, 0.2) is 41.3 Å². The Morgan fingerprint density at radius 3 is 2.71 bits per heavy atom. The zero-order valence-corrected chi connectivity index (χ0v) is 20.4. The predicted octanol–water partition coefficient (Wildman–Crippen LogP) is 4.09. The molecule has 0 bridgehead atoms. The maximum Gasteiger partial charge on any atom is 0.350 e. The third-order valence-electron chi connectivity index (χ3n) is 5.52. The number of hydrogen-bond acceptors (Lipinski definition) is 10. The van der Waals surface area contributed by atoms with Crippen molar-refractivity contribution in [2.75, 3.05) is 24.7 Å². The lowest BCUT2D eigenvalue weighted by Crippen LogP contribution is -2.29. The Morgan fingerprint density at radius 2 is 2.00 bits per heavy atom. The molecule has 0 spiro atoms. The molecule has 2 aliphatic heterocycles. The molecule has 1 saturated heterocycles. The van der Waals surface area contributed by atoms with E-state index in [1.165, 1.54) is 16.2 Å². The van der Waals surface area contributed by atoms with Crippen LogP contribution in [-0.2, 0) is 14.3 Å². The Morgan fingerprint density at radius 1 is 1.23 bits per heavy atom. The topological polar surface area (TPSA) is 115 Å². The van der Waals surface area contributed by atoms with E-state index >= 15 is 0 Å². The number of amides is 1. The fourth-order valence-corrected chi connectivity index (χ4v) is 5.77. The molecule has 1 unspecified atom stereocenters. The number of aliphatic hydroxyl groups is 1. The van der Waals surface area contributed by atoms with Gasteiger partial charge in [-0.2, -0.15) is 0 Å². The highest BCUT2D eigenvalue weighted by molar-refractivity contribution is 7.18. The highest BCUT2D eigenvalue weighted by atomic mass is 32.1. The van der Waals surface area contributed by atoms with Gasteiger partial charge in [0.2, 0.25) is 0 Å². The van der Waals surface area contributed by atoms with E-state index in [-0.39, 0.29) is 27.9 Å². The van der Waals surface area contributed by atoms with Gasteiger partial charge in [0.25, 0.3) is 5.78 Å². The first-order valence-electron chi connectivity index (χ1n) is 10.8. The number of nitrogens with zero attached hydrogens (tertiary/aromatic N) is 2. The fourth-order valence-electron chi connectivity index (χ4n) is 3.96. The first-order chi connectivity index (χ1) is 16.9. The Bertz CT molecular complexity index is 1360. The molecule has 0 radical (unpaired) electrons. The van der Waals surface area contributed by atoms with Crippen LogP contribution in [0.3, 0.4) is 0 Å². The van der Waals surface area contributed by atoms with Crippen molar-refractivity contribution < 1.29 is 33.7 Å². The van der Waals surface area contributed by atoms with Gasteiger partial charge in [0.15, 0.2) is 16.6 Å². The van der Waals surface area contributed by atoms with Crippen LogP contribution in [-0.4, -0.2) is 47.6 Å². The average Bonchev–Trinajstić information content (AvgIpc) is 3.57. The molecule has 5 rings (SSSR count). The molecule has 2 aliphatic rings. The van der Waals surface area contributed by atoms with Gasteiger partial charge >= 0.3 is 11.9 Å². The Kier molecular flexibility index (Phi) is 6.03. The largest absolute Gasteiger partial charge is 0.507 e. The normalized spacial score (nSPS) is 18.7. The van der Waals surface area contributed by atoms with Gasteiger partial charge in [0.1, 0.15) is 29.9 Å². The third kappa shape index (κ3) is 3.96. The van der Waals surface area contributed by atoms with Crippen LogP contribution >= 0.6 is 22.7 Å². The van der Waals surface area contributed by atoms with E-state index in [9.17, 15) is 19.5 Å². The molecule has 1 amide bonds. The number of carbonyl (C=O) groups excluding carboxylic acids is 3. The molecular weight excluding hydrogens is 492 g/mol. The third-order valence-corrected chi connectivity index (χ3v) is 7.59. The summed E-state index contributed by atoms with van der Waals surface area (Å²) >= 11 is 2.31. The molecule has 1 aromatic carbocycles. The first kappa shape index (κ1) is 23.1. The van der Waals surface area contributed by atoms with Crippen molar-refractivity contribution in [3.63, 3.8) is 0 Å². The van der Waals surface area contributed by atoms with E-state index in [1.807, 2.05) is 5.38 Å². The standard InChI is InChI=1S/C24H20N2O7S2/c1-3-31-23(30)21-12(2)25-24(35-21)26-18(16-5-4-10-34-16)17(20(28)22(26)29)19(27)13-6-7-14-15(11-13)33-9-8-32-14/h4-7,10-11,18,27H,3,8-9H2,1-2H3. The van der Waals surface area contributed by atoms with Gasteiger partial charge in [-0.05, 0) is 43.5 Å². The van der Waals surface area contributed by atoms with E-state index in [1.54, 1.807) is 44.2 Å². The van der Waals surface area contributed by atoms with Gasteiger partial charge in [0, 0.05) is 10.4 Å². The Labute approximate surface area is 208 Å². The van der Waals surface area contributed by atoms with Gasteiger partial charge in [-0.25, -0.2) is 9.78 Å². The predicted molar refractivity (Wildman–Crippen MR) is 129 cm³/mol. The quantitative estimate of drug-likeness (QED) is 0.235. The van der Waals surface area contributed by atoms with Crippen LogP contribution in [0.5, 0.6) is 11.5 Å². The number of anilines is 1. The summed E-state index contributed by atoms with van der Waals surface area (Å²) < 4.78 is 16.2. The summed E-state index contributed by atoms with van der Waals surface area (Å²) in [6, 6.07) is 7.49. The fraction of sp³-hybridized carbons (Fsp3) is 0.250. The first-order valence-corrected chi connectivity index (χ1v) is 12.5. The molecular formula is C24H20N2O7S2. The summed E-state index contributed by atoms with van der Waals surface area (Å²) in [5.74, 6) is -1.59. The highest BCUT2D eigenvalue weighted by Gasteiger charge is 2.49. The lowest BCUT2D eigenvalue weighted by molar-refractivity contribution is -0.132. The maximum absolute atomic E-state index is 13.3. The van der Waals surface area contributed by atoms with E-state index in [2.05, 4.69) is 4.98 Å². The molecule has 35 heavy (non-hydrogen) atoms. The number of Topliss-reactive ketones (excluding diaryl/α,β-unsaturated/α-hetero) is 1. The van der Waals surface area contributed by atoms with Gasteiger partial charge in [-0.1, -0.05) is 17.4 Å². The van der Waals surface area contributed by atoms with E-state index in [0.29, 0.717) is 40.8 Å². The molecule has 1 fully saturated rings. The van der Waals surface area contributed by atoms with Gasteiger partial charge in [-0.3, -0.25) is 14.5 Å². The summed E-state index contributed by atoms with van der Waals surface area (Å²) in [6.45, 7) is 4.31. The summed E-state index contributed by atoms with van der Waals surface area (Å²) in [6.07, 6.45) is 0. The zero-order chi connectivity index (χ0) is 24.7. The molecule has 11 heteroatoms. The number of thiophene rings is 1. The van der Waals surface area contributed by atoms with Gasteiger partial charge in [-0.15, -0.1) is 11.3 Å². The number of benzene rings is 1. The van der Waals surface area contributed by atoms with Gasteiger partial charge < -0.3 is 19.3 Å². The summed E-state index contributed by atoms with van der Waals surface area (Å²) in [4.78, 5) is 45.4. The van der Waals surface area contributed by atoms with Crippen LogP contribution in [0.25, 0.3) is 5.76 Å². The second-order valence-corrected chi connectivity index (χ2v) is 9.63. The zero-order valence-electron chi connectivity index (χ0n) is 18.8. The lowest BCUT2D eigenvalue weighted by Gasteiger charge is -2.22. The number of aryl methyl sites for hydroxylation is 1. The van der Waals surface area contributed by atoms with Crippen molar-refractivity contribution in [2.24, 2.45) is 0 Å². The maximum atomic E-state index is 13.3. The molecule has 2 aromatic heterocycles. The average molecular weight is 513 g/mol. The van der Waals surface area contributed by atoms with Crippen molar-refractivity contribution in [1.82, 2.24) is 4.98 Å². The minimum absolute atomic E-state index is 0.0698. The number of ether oxygens (including phenoxy) is 3. The van der Waals surface area contributed by atoms with Gasteiger partial charge in [0.05, 0.1) is 17.9 Å². The number of hydrogen-bond donors (Lipinski definition) is 1. The van der Waals surface area contributed by atoms with E-state index < -0.39 is 23.7 Å². The van der Waals surface area contributed by atoms with E-state index in [0.717, 1.165) is 11.3 Å². The van der Waals surface area contributed by atoms with Crippen LogP contribution in [0, 0.1) is 6.92 Å². The van der Waals surface area contributed by atoms with Crippen LogP contribution in [0.1, 0.15) is 38.8 Å². The van der Waals surface area contributed by atoms with Crippen LogP contribution in [0.4, 0.5) is 5.13 Å². The smallest absolute Gasteiger partial charge is 0.350 e. The molecule has 0 aliphatic carbocycles. The summed E-state index contributed by atoms with van der Waals surface area (Å²) in [5.41, 5.74) is 0.637. The number of carbonyl (C=O) groups is 3. The van der Waals surface area contributed by atoms with Crippen molar-refractivity contribution in [1.29, 1.82) is 0 Å². The molecule has 4 heterocycles.